The average molecular weight is 248 g/mol. The summed E-state index contributed by atoms with van der Waals surface area (Å²) in [5.74, 6) is 0.433. The van der Waals surface area contributed by atoms with Gasteiger partial charge in [-0.15, -0.1) is 0 Å². The van der Waals surface area contributed by atoms with E-state index in [4.69, 9.17) is 9.47 Å². The molecule has 0 saturated heterocycles. The number of aromatic nitrogens is 4. The van der Waals surface area contributed by atoms with Crippen molar-refractivity contribution < 1.29 is 14.3 Å². The number of ether oxygens (including phenoxy) is 2. The average Bonchev–Trinajstić information content (AvgIpc) is 2.79. The lowest BCUT2D eigenvalue weighted by molar-refractivity contribution is 0.102. The number of methoxy groups -OCH3 is 2. The molecule has 7 heteroatoms. The molecule has 0 aliphatic rings. The van der Waals surface area contributed by atoms with Crippen LogP contribution in [0.2, 0.25) is 0 Å². The van der Waals surface area contributed by atoms with Gasteiger partial charge in [0.05, 0.1) is 20.4 Å². The van der Waals surface area contributed by atoms with Gasteiger partial charge in [-0.2, -0.15) is 5.10 Å². The SMILES string of the molecule is COc1cc(C(=O)c2c(OC)cnn2C)ncn1. The third-order valence-corrected chi connectivity index (χ3v) is 2.42. The van der Waals surface area contributed by atoms with Crippen molar-refractivity contribution in [3.63, 3.8) is 0 Å². The summed E-state index contributed by atoms with van der Waals surface area (Å²) < 4.78 is 11.5. The summed E-state index contributed by atoms with van der Waals surface area (Å²) in [6, 6.07) is 1.47. The predicted molar refractivity (Wildman–Crippen MR) is 61.8 cm³/mol. The minimum Gasteiger partial charge on any atom is -0.493 e. The molecule has 0 fully saturated rings. The Morgan fingerprint density at radius 3 is 2.72 bits per heavy atom. The zero-order valence-electron chi connectivity index (χ0n) is 10.2. The topological polar surface area (TPSA) is 79.1 Å². The monoisotopic (exact) mass is 248 g/mol. The van der Waals surface area contributed by atoms with E-state index in [1.807, 2.05) is 0 Å². The van der Waals surface area contributed by atoms with Crippen LogP contribution in [0.5, 0.6) is 11.6 Å². The number of aryl methyl sites for hydroxylation is 1. The number of rotatable bonds is 4. The van der Waals surface area contributed by atoms with Gasteiger partial charge in [0.25, 0.3) is 0 Å². The highest BCUT2D eigenvalue weighted by atomic mass is 16.5. The van der Waals surface area contributed by atoms with Gasteiger partial charge in [0.2, 0.25) is 11.7 Å². The number of hydrogen-bond acceptors (Lipinski definition) is 6. The molecular formula is C11H12N4O3. The van der Waals surface area contributed by atoms with Crippen molar-refractivity contribution in [3.05, 3.63) is 30.0 Å². The van der Waals surface area contributed by atoms with Crippen molar-refractivity contribution in [2.75, 3.05) is 14.2 Å². The van der Waals surface area contributed by atoms with Crippen molar-refractivity contribution in [2.45, 2.75) is 0 Å². The van der Waals surface area contributed by atoms with Gasteiger partial charge in [-0.25, -0.2) is 9.97 Å². The fourth-order valence-corrected chi connectivity index (χ4v) is 1.52. The van der Waals surface area contributed by atoms with E-state index in [-0.39, 0.29) is 11.5 Å². The molecule has 7 nitrogen and oxygen atoms in total. The third-order valence-electron chi connectivity index (χ3n) is 2.42. The molecule has 0 unspecified atom stereocenters. The van der Waals surface area contributed by atoms with Crippen molar-refractivity contribution >= 4 is 5.78 Å². The standard InChI is InChI=1S/C11H12N4O3/c1-15-10(8(17-2)5-14-15)11(16)7-4-9(18-3)13-6-12-7/h4-6H,1-3H3. The molecule has 18 heavy (non-hydrogen) atoms. The number of ketones is 1. The summed E-state index contributed by atoms with van der Waals surface area (Å²) in [5.41, 5.74) is 0.557. The molecule has 2 heterocycles. The molecule has 2 rings (SSSR count). The Bertz CT molecular complexity index is 579. The molecule has 0 amide bonds. The first kappa shape index (κ1) is 12.0. The smallest absolute Gasteiger partial charge is 0.233 e. The van der Waals surface area contributed by atoms with Gasteiger partial charge in [0.1, 0.15) is 12.0 Å². The minimum absolute atomic E-state index is 0.226. The van der Waals surface area contributed by atoms with Crippen molar-refractivity contribution in [1.29, 1.82) is 0 Å². The Hall–Kier alpha value is -2.44. The summed E-state index contributed by atoms with van der Waals surface area (Å²) in [6.45, 7) is 0. The largest absolute Gasteiger partial charge is 0.493 e. The molecular weight excluding hydrogens is 236 g/mol. The lowest BCUT2D eigenvalue weighted by Crippen LogP contribution is -2.11. The Morgan fingerprint density at radius 2 is 2.06 bits per heavy atom. The highest BCUT2D eigenvalue weighted by Crippen LogP contribution is 2.20. The molecule has 0 saturated carbocycles. The van der Waals surface area contributed by atoms with Crippen LogP contribution in [0.15, 0.2) is 18.6 Å². The highest BCUT2D eigenvalue weighted by Gasteiger charge is 2.21. The van der Waals surface area contributed by atoms with Crippen LogP contribution in [0.1, 0.15) is 16.2 Å². The van der Waals surface area contributed by atoms with Gasteiger partial charge >= 0.3 is 0 Å². The molecule has 94 valence electrons. The van der Waals surface area contributed by atoms with Crippen LogP contribution >= 0.6 is 0 Å². The zero-order valence-corrected chi connectivity index (χ0v) is 10.2. The summed E-state index contributed by atoms with van der Waals surface area (Å²) in [6.07, 6.45) is 2.75. The van der Waals surface area contributed by atoms with Crippen LogP contribution in [0.4, 0.5) is 0 Å². The van der Waals surface area contributed by atoms with Gasteiger partial charge < -0.3 is 9.47 Å². The molecule has 2 aromatic rings. The second kappa shape index (κ2) is 4.82. The van der Waals surface area contributed by atoms with Crippen LogP contribution in [-0.4, -0.2) is 39.8 Å². The van der Waals surface area contributed by atoms with Gasteiger partial charge in [0.15, 0.2) is 11.4 Å². The normalized spacial score (nSPS) is 10.2. The quantitative estimate of drug-likeness (QED) is 0.731. The summed E-state index contributed by atoms with van der Waals surface area (Å²) in [4.78, 5) is 20.1. The summed E-state index contributed by atoms with van der Waals surface area (Å²) >= 11 is 0. The van der Waals surface area contributed by atoms with Crippen molar-refractivity contribution in [2.24, 2.45) is 7.05 Å². The van der Waals surface area contributed by atoms with E-state index < -0.39 is 0 Å². The lowest BCUT2D eigenvalue weighted by Gasteiger charge is -2.04. The van der Waals surface area contributed by atoms with Gasteiger partial charge in [0, 0.05) is 13.1 Å². The van der Waals surface area contributed by atoms with E-state index in [9.17, 15) is 4.79 Å². The van der Waals surface area contributed by atoms with E-state index in [1.165, 1.54) is 37.5 Å². The predicted octanol–water partition coefficient (Wildman–Crippen LogP) is 0.458. The molecule has 0 bridgehead atoms. The Kier molecular flexibility index (Phi) is 3.22. The Labute approximate surface area is 103 Å². The highest BCUT2D eigenvalue weighted by molar-refractivity contribution is 6.08. The van der Waals surface area contributed by atoms with Crippen molar-refractivity contribution in [3.8, 4) is 11.6 Å². The molecule has 0 radical (unpaired) electrons. The number of carbonyl (C=O) groups excluding carboxylic acids is 1. The van der Waals surface area contributed by atoms with Crippen LogP contribution < -0.4 is 9.47 Å². The maximum Gasteiger partial charge on any atom is 0.233 e. The van der Waals surface area contributed by atoms with Crippen LogP contribution in [0.25, 0.3) is 0 Å². The van der Waals surface area contributed by atoms with E-state index in [0.29, 0.717) is 17.3 Å². The van der Waals surface area contributed by atoms with Crippen LogP contribution in [-0.2, 0) is 7.05 Å². The van der Waals surface area contributed by atoms with Crippen molar-refractivity contribution in [1.82, 2.24) is 19.7 Å². The number of carbonyl (C=O) groups is 1. The van der Waals surface area contributed by atoms with Crippen LogP contribution in [0, 0.1) is 0 Å². The third kappa shape index (κ3) is 2.02. The van der Waals surface area contributed by atoms with E-state index in [1.54, 1.807) is 7.05 Å². The Balaban J connectivity index is 2.44. The van der Waals surface area contributed by atoms with E-state index >= 15 is 0 Å². The summed E-state index contributed by atoms with van der Waals surface area (Å²) in [7, 11) is 4.61. The Morgan fingerprint density at radius 1 is 1.28 bits per heavy atom. The van der Waals surface area contributed by atoms with Gasteiger partial charge in [-0.3, -0.25) is 9.48 Å². The molecule has 0 aromatic carbocycles. The first-order valence-corrected chi connectivity index (χ1v) is 5.14. The maximum absolute atomic E-state index is 12.3. The molecule has 0 aliphatic heterocycles. The molecule has 0 atom stereocenters. The second-order valence-corrected chi connectivity index (χ2v) is 3.46. The number of hydrogen-bond donors (Lipinski definition) is 0. The molecule has 2 aromatic heterocycles. The zero-order chi connectivity index (χ0) is 13.1. The van der Waals surface area contributed by atoms with Gasteiger partial charge in [-0.1, -0.05) is 0 Å². The second-order valence-electron chi connectivity index (χ2n) is 3.46. The fraction of sp³-hybridized carbons (Fsp3) is 0.273. The minimum atomic E-state index is -0.299. The first-order chi connectivity index (χ1) is 8.67. The lowest BCUT2D eigenvalue weighted by atomic mass is 10.2. The number of nitrogens with zero attached hydrogens (tertiary/aromatic N) is 4. The molecule has 0 aliphatic carbocycles. The summed E-state index contributed by atoms with van der Waals surface area (Å²) in [5, 5.41) is 3.97. The first-order valence-electron chi connectivity index (χ1n) is 5.14. The van der Waals surface area contributed by atoms with E-state index in [0.717, 1.165) is 0 Å². The van der Waals surface area contributed by atoms with Gasteiger partial charge in [-0.05, 0) is 0 Å². The van der Waals surface area contributed by atoms with Crippen LogP contribution in [0.3, 0.4) is 0 Å². The fourth-order valence-electron chi connectivity index (χ4n) is 1.52. The van der Waals surface area contributed by atoms with E-state index in [2.05, 4.69) is 15.1 Å². The molecule has 0 N–H and O–H groups in total. The molecule has 0 spiro atoms. The maximum atomic E-state index is 12.3.